The number of aryl methyl sites for hydroxylation is 1. The van der Waals surface area contributed by atoms with Crippen LogP contribution in [0.25, 0.3) is 0 Å². The summed E-state index contributed by atoms with van der Waals surface area (Å²) < 4.78 is 10.4. The maximum absolute atomic E-state index is 12.4. The second kappa shape index (κ2) is 6.75. The van der Waals surface area contributed by atoms with Gasteiger partial charge >= 0.3 is 0 Å². The molecule has 3 rings (SSSR count). The van der Waals surface area contributed by atoms with Crippen LogP contribution < -0.4 is 5.32 Å². The van der Waals surface area contributed by atoms with Gasteiger partial charge in [0.1, 0.15) is 0 Å². The number of ether oxygens (including phenoxy) is 1. The van der Waals surface area contributed by atoms with Crippen LogP contribution in [0, 0.1) is 6.92 Å². The number of hydrogen-bond acceptors (Lipinski definition) is 6. The molecule has 0 radical (unpaired) electrons. The van der Waals surface area contributed by atoms with Crippen LogP contribution in [0.3, 0.4) is 0 Å². The molecule has 1 aliphatic heterocycles. The standard InChI is InChI=1S/C15H24N4O3/c1-12-17-14(18-22-12)15(5-3-2-4-6-15)16-11-13(20)19-7-9-21-10-8-19/h16H,2-11H2,1H3. The van der Waals surface area contributed by atoms with Gasteiger partial charge in [-0.3, -0.25) is 10.1 Å². The van der Waals surface area contributed by atoms with Crippen LogP contribution in [-0.4, -0.2) is 53.8 Å². The van der Waals surface area contributed by atoms with Gasteiger partial charge < -0.3 is 14.2 Å². The first-order valence-electron chi connectivity index (χ1n) is 8.11. The van der Waals surface area contributed by atoms with Crippen molar-refractivity contribution >= 4 is 5.91 Å². The summed E-state index contributed by atoms with van der Waals surface area (Å²) >= 11 is 0. The first kappa shape index (κ1) is 15.4. The van der Waals surface area contributed by atoms with E-state index in [1.54, 1.807) is 6.92 Å². The number of morpholine rings is 1. The van der Waals surface area contributed by atoms with Crippen LogP contribution in [-0.2, 0) is 15.1 Å². The lowest BCUT2D eigenvalue weighted by Crippen LogP contribution is -2.51. The fourth-order valence-corrected chi connectivity index (χ4v) is 3.30. The fourth-order valence-electron chi connectivity index (χ4n) is 3.30. The molecule has 0 bridgehead atoms. The second-order valence-corrected chi connectivity index (χ2v) is 6.13. The third kappa shape index (κ3) is 3.30. The number of hydrogen-bond donors (Lipinski definition) is 1. The molecule has 0 unspecified atom stereocenters. The zero-order valence-corrected chi connectivity index (χ0v) is 13.1. The maximum atomic E-state index is 12.4. The Morgan fingerprint density at radius 2 is 2.00 bits per heavy atom. The zero-order chi connectivity index (χ0) is 15.4. The van der Waals surface area contributed by atoms with E-state index in [0.29, 0.717) is 44.6 Å². The number of nitrogens with one attached hydrogen (secondary N) is 1. The van der Waals surface area contributed by atoms with E-state index in [4.69, 9.17) is 9.26 Å². The fraction of sp³-hybridized carbons (Fsp3) is 0.800. The molecular weight excluding hydrogens is 284 g/mol. The van der Waals surface area contributed by atoms with E-state index >= 15 is 0 Å². The summed E-state index contributed by atoms with van der Waals surface area (Å²) in [6.45, 7) is 4.71. The Morgan fingerprint density at radius 3 is 2.64 bits per heavy atom. The lowest BCUT2D eigenvalue weighted by molar-refractivity contribution is -0.134. The number of carbonyl (C=O) groups is 1. The SMILES string of the molecule is Cc1nc(C2(NCC(=O)N3CCOCC3)CCCCC2)no1. The molecule has 1 saturated heterocycles. The van der Waals surface area contributed by atoms with E-state index in [9.17, 15) is 4.79 Å². The van der Waals surface area contributed by atoms with Crippen molar-refractivity contribution in [1.29, 1.82) is 0 Å². The second-order valence-electron chi connectivity index (χ2n) is 6.13. The summed E-state index contributed by atoms with van der Waals surface area (Å²) in [5.41, 5.74) is -0.321. The Morgan fingerprint density at radius 1 is 1.27 bits per heavy atom. The van der Waals surface area contributed by atoms with Crippen molar-refractivity contribution in [3.05, 3.63) is 11.7 Å². The summed E-state index contributed by atoms with van der Waals surface area (Å²) in [6, 6.07) is 0. The quantitative estimate of drug-likeness (QED) is 0.893. The zero-order valence-electron chi connectivity index (χ0n) is 13.1. The smallest absolute Gasteiger partial charge is 0.236 e. The van der Waals surface area contributed by atoms with Crippen molar-refractivity contribution in [3.63, 3.8) is 0 Å². The van der Waals surface area contributed by atoms with E-state index in [1.807, 2.05) is 4.90 Å². The van der Waals surface area contributed by atoms with Crippen molar-refractivity contribution in [2.45, 2.75) is 44.6 Å². The van der Waals surface area contributed by atoms with Crippen LogP contribution in [0.5, 0.6) is 0 Å². The van der Waals surface area contributed by atoms with Gasteiger partial charge in [-0.1, -0.05) is 24.4 Å². The molecule has 2 fully saturated rings. The Hall–Kier alpha value is -1.47. The average Bonchev–Trinajstić information content (AvgIpc) is 3.01. The van der Waals surface area contributed by atoms with Crippen LogP contribution in [0.15, 0.2) is 4.52 Å². The Kier molecular flexibility index (Phi) is 4.73. The third-order valence-corrected chi connectivity index (χ3v) is 4.60. The molecule has 1 amide bonds. The van der Waals surface area contributed by atoms with Gasteiger partial charge in [0.05, 0.1) is 25.3 Å². The minimum Gasteiger partial charge on any atom is -0.378 e. The highest BCUT2D eigenvalue weighted by molar-refractivity contribution is 5.78. The van der Waals surface area contributed by atoms with Crippen LogP contribution in [0.2, 0.25) is 0 Å². The molecule has 7 heteroatoms. The minimum atomic E-state index is -0.321. The van der Waals surface area contributed by atoms with E-state index in [2.05, 4.69) is 15.5 Å². The van der Waals surface area contributed by atoms with E-state index < -0.39 is 0 Å². The van der Waals surface area contributed by atoms with Gasteiger partial charge in [0, 0.05) is 20.0 Å². The molecule has 0 aromatic carbocycles. The number of carbonyl (C=O) groups excluding carboxylic acids is 1. The molecule has 0 spiro atoms. The highest BCUT2D eigenvalue weighted by Gasteiger charge is 2.38. The Balaban J connectivity index is 1.66. The van der Waals surface area contributed by atoms with E-state index in [-0.39, 0.29) is 11.4 Å². The molecule has 7 nitrogen and oxygen atoms in total. The number of amides is 1. The molecule has 2 heterocycles. The summed E-state index contributed by atoms with van der Waals surface area (Å²) in [6.07, 6.45) is 5.35. The van der Waals surface area contributed by atoms with Crippen LogP contribution in [0.1, 0.15) is 43.8 Å². The summed E-state index contributed by atoms with van der Waals surface area (Å²) in [7, 11) is 0. The summed E-state index contributed by atoms with van der Waals surface area (Å²) in [4.78, 5) is 18.6. The van der Waals surface area contributed by atoms with Crippen molar-refractivity contribution in [2.24, 2.45) is 0 Å². The van der Waals surface area contributed by atoms with Crippen LogP contribution >= 0.6 is 0 Å². The topological polar surface area (TPSA) is 80.5 Å². The average molecular weight is 308 g/mol. The third-order valence-electron chi connectivity index (χ3n) is 4.60. The lowest BCUT2D eigenvalue weighted by atomic mass is 9.81. The van der Waals surface area contributed by atoms with Gasteiger partial charge in [-0.25, -0.2) is 0 Å². The maximum Gasteiger partial charge on any atom is 0.236 e. The molecule has 1 saturated carbocycles. The van der Waals surface area contributed by atoms with Crippen LogP contribution in [0.4, 0.5) is 0 Å². The molecule has 122 valence electrons. The number of nitrogens with zero attached hydrogens (tertiary/aromatic N) is 3. The molecule has 1 N–H and O–H groups in total. The van der Waals surface area contributed by atoms with Gasteiger partial charge in [-0.15, -0.1) is 0 Å². The first-order chi connectivity index (χ1) is 10.7. The van der Waals surface area contributed by atoms with Crippen molar-refractivity contribution in [2.75, 3.05) is 32.8 Å². The predicted octanol–water partition coefficient (Wildman–Crippen LogP) is 0.986. The molecule has 1 aliphatic carbocycles. The Bertz CT molecular complexity index is 505. The molecular formula is C15H24N4O3. The highest BCUT2D eigenvalue weighted by atomic mass is 16.5. The van der Waals surface area contributed by atoms with Gasteiger partial charge in [0.2, 0.25) is 11.8 Å². The molecule has 22 heavy (non-hydrogen) atoms. The van der Waals surface area contributed by atoms with Crippen molar-refractivity contribution in [3.8, 4) is 0 Å². The van der Waals surface area contributed by atoms with Gasteiger partial charge in [0.15, 0.2) is 5.82 Å². The lowest BCUT2D eigenvalue weighted by Gasteiger charge is -2.36. The first-order valence-corrected chi connectivity index (χ1v) is 8.11. The van der Waals surface area contributed by atoms with Gasteiger partial charge in [0.25, 0.3) is 0 Å². The Labute approximate surface area is 130 Å². The van der Waals surface area contributed by atoms with Crippen molar-refractivity contribution < 1.29 is 14.1 Å². The largest absolute Gasteiger partial charge is 0.378 e. The minimum absolute atomic E-state index is 0.119. The molecule has 1 aromatic rings. The molecule has 1 aromatic heterocycles. The van der Waals surface area contributed by atoms with Gasteiger partial charge in [-0.2, -0.15) is 4.98 Å². The highest BCUT2D eigenvalue weighted by Crippen LogP contribution is 2.35. The van der Waals surface area contributed by atoms with Crippen molar-refractivity contribution in [1.82, 2.24) is 20.4 Å². The summed E-state index contributed by atoms with van der Waals surface area (Å²) in [5.74, 6) is 1.38. The number of rotatable bonds is 4. The monoisotopic (exact) mass is 308 g/mol. The number of aromatic nitrogens is 2. The van der Waals surface area contributed by atoms with E-state index in [0.717, 1.165) is 25.7 Å². The molecule has 0 atom stereocenters. The van der Waals surface area contributed by atoms with E-state index in [1.165, 1.54) is 6.42 Å². The molecule has 2 aliphatic rings. The van der Waals surface area contributed by atoms with Gasteiger partial charge in [-0.05, 0) is 12.8 Å². The predicted molar refractivity (Wildman–Crippen MR) is 79.2 cm³/mol. The summed E-state index contributed by atoms with van der Waals surface area (Å²) in [5, 5.41) is 7.55. The normalized spacial score (nSPS) is 21.8.